The van der Waals surface area contributed by atoms with Gasteiger partial charge in [0.05, 0.1) is 0 Å². The number of hydrogen-bond donors (Lipinski definition) is 2. The summed E-state index contributed by atoms with van der Waals surface area (Å²) in [5.41, 5.74) is 5.95. The van der Waals surface area contributed by atoms with Gasteiger partial charge in [-0.05, 0) is 58.0 Å². The average Bonchev–Trinajstić information content (AvgIpc) is 3.85. The first-order valence-corrected chi connectivity index (χ1v) is 14.8. The number of hydrogen-bond acceptors (Lipinski definition) is 2. The van der Waals surface area contributed by atoms with Gasteiger partial charge in [0, 0.05) is 36.3 Å². The first-order chi connectivity index (χ1) is 21.1. The van der Waals surface area contributed by atoms with E-state index < -0.39 is 5.54 Å². The smallest absolute Gasteiger partial charge is 0.327 e. The summed E-state index contributed by atoms with van der Waals surface area (Å²) >= 11 is 0. The molecule has 0 spiro atoms. The normalized spacial score (nSPS) is 13.2. The van der Waals surface area contributed by atoms with Crippen LogP contribution in [0.2, 0.25) is 0 Å². The second-order valence-electron chi connectivity index (χ2n) is 11.4. The van der Waals surface area contributed by atoms with Gasteiger partial charge in [-0.3, -0.25) is 9.36 Å². The van der Waals surface area contributed by atoms with Crippen LogP contribution in [0.3, 0.4) is 0 Å². The molecule has 1 saturated carbocycles. The molecule has 1 fully saturated rings. The van der Waals surface area contributed by atoms with Gasteiger partial charge in [-0.25, -0.2) is 4.79 Å². The van der Waals surface area contributed by atoms with Crippen molar-refractivity contribution in [3.63, 3.8) is 0 Å². The number of fused-ring (bicyclic) bond motifs is 1. The third kappa shape index (κ3) is 4.67. The first kappa shape index (κ1) is 26.7. The highest BCUT2D eigenvalue weighted by Gasteiger charge is 2.44. The van der Waals surface area contributed by atoms with Gasteiger partial charge in [-0.15, -0.1) is 0 Å². The Morgan fingerprint density at radius 2 is 1.30 bits per heavy atom. The van der Waals surface area contributed by atoms with Gasteiger partial charge in [0.25, 0.3) is 5.91 Å². The quantitative estimate of drug-likeness (QED) is 0.196. The third-order valence-corrected chi connectivity index (χ3v) is 8.66. The Morgan fingerprint density at radius 1 is 0.767 bits per heavy atom. The second kappa shape index (κ2) is 10.9. The van der Waals surface area contributed by atoms with Crippen LogP contribution >= 0.6 is 0 Å². The summed E-state index contributed by atoms with van der Waals surface area (Å²) in [6.45, 7) is 0. The van der Waals surface area contributed by atoms with E-state index >= 15 is 0 Å². The zero-order valence-electron chi connectivity index (χ0n) is 24.1. The highest BCUT2D eigenvalue weighted by molar-refractivity contribution is 5.98. The molecule has 5 heteroatoms. The maximum absolute atomic E-state index is 14.4. The standard InChI is InChI=1S/C38H33N3O2/c1-39-36(42)30-22-21-28-23-26(17-18-29(28)25-30)24-34-35(27-19-20-27)41(37(43)40-34)38(31-11-5-2-6-12-31,32-13-7-3-8-14-32)33-15-9-4-10-16-33/h2-18,21-23,25,27H,19-20,24H2,1H3,(H,39,42)(H,40,43). The third-order valence-electron chi connectivity index (χ3n) is 8.66. The number of imidazole rings is 1. The molecule has 1 aliphatic carbocycles. The van der Waals surface area contributed by atoms with Gasteiger partial charge in [0.15, 0.2) is 0 Å². The Hall–Kier alpha value is -5.16. The predicted molar refractivity (Wildman–Crippen MR) is 172 cm³/mol. The van der Waals surface area contributed by atoms with Crippen molar-refractivity contribution in [2.75, 3.05) is 7.05 Å². The summed E-state index contributed by atoms with van der Waals surface area (Å²) in [6.07, 6.45) is 2.72. The molecule has 1 heterocycles. The molecular formula is C38H33N3O2. The van der Waals surface area contributed by atoms with Crippen LogP contribution in [0.4, 0.5) is 0 Å². The molecule has 212 valence electrons. The minimum Gasteiger partial charge on any atom is -0.355 e. The predicted octanol–water partition coefficient (Wildman–Crippen LogP) is 7.00. The molecule has 0 aliphatic heterocycles. The molecule has 1 amide bonds. The minimum absolute atomic E-state index is 0.0994. The Bertz CT molecular complexity index is 1870. The van der Waals surface area contributed by atoms with Crippen molar-refractivity contribution in [1.82, 2.24) is 14.9 Å². The van der Waals surface area contributed by atoms with Crippen molar-refractivity contribution in [2.45, 2.75) is 30.7 Å². The van der Waals surface area contributed by atoms with Crippen molar-refractivity contribution in [3.8, 4) is 0 Å². The Labute approximate surface area is 250 Å². The number of aromatic amines is 1. The molecule has 0 saturated heterocycles. The van der Waals surface area contributed by atoms with Crippen LogP contribution in [0.1, 0.15) is 62.8 Å². The van der Waals surface area contributed by atoms with E-state index in [0.717, 1.165) is 57.3 Å². The number of benzene rings is 5. The molecule has 0 bridgehead atoms. The summed E-state index contributed by atoms with van der Waals surface area (Å²) in [5, 5.41) is 4.76. The lowest BCUT2D eigenvalue weighted by Gasteiger charge is -2.38. The lowest BCUT2D eigenvalue weighted by molar-refractivity contribution is 0.0963. The molecule has 1 aromatic heterocycles. The topological polar surface area (TPSA) is 66.9 Å². The molecule has 1 aliphatic rings. The number of nitrogens with one attached hydrogen (secondary N) is 2. The molecular weight excluding hydrogens is 530 g/mol. The number of carbonyl (C=O) groups excluding carboxylic acids is 1. The van der Waals surface area contributed by atoms with Gasteiger partial charge in [0.1, 0.15) is 5.54 Å². The van der Waals surface area contributed by atoms with Crippen LogP contribution in [0.5, 0.6) is 0 Å². The fraction of sp³-hybridized carbons (Fsp3) is 0.158. The van der Waals surface area contributed by atoms with E-state index in [9.17, 15) is 9.59 Å². The van der Waals surface area contributed by atoms with Gasteiger partial charge in [0.2, 0.25) is 0 Å². The maximum Gasteiger partial charge on any atom is 0.327 e. The number of carbonyl (C=O) groups is 1. The monoisotopic (exact) mass is 563 g/mol. The molecule has 7 rings (SSSR count). The summed E-state index contributed by atoms with van der Waals surface area (Å²) in [7, 11) is 1.64. The lowest BCUT2D eigenvalue weighted by atomic mass is 9.76. The fourth-order valence-corrected chi connectivity index (χ4v) is 6.57. The van der Waals surface area contributed by atoms with Crippen LogP contribution in [0, 0.1) is 0 Å². The molecule has 0 atom stereocenters. The van der Waals surface area contributed by atoms with Crippen LogP contribution in [-0.4, -0.2) is 22.5 Å². The van der Waals surface area contributed by atoms with Gasteiger partial charge >= 0.3 is 5.69 Å². The molecule has 43 heavy (non-hydrogen) atoms. The Balaban J connectivity index is 1.43. The zero-order valence-corrected chi connectivity index (χ0v) is 24.1. The van der Waals surface area contributed by atoms with E-state index in [4.69, 9.17) is 0 Å². The number of amides is 1. The number of nitrogens with zero attached hydrogens (tertiary/aromatic N) is 1. The van der Waals surface area contributed by atoms with E-state index in [1.807, 2.05) is 36.4 Å². The SMILES string of the molecule is CNC(=O)c1ccc2cc(Cc3[nH]c(=O)n(C(c4ccccc4)(c4ccccc4)c4ccccc4)c3C3CC3)ccc2c1. The zero-order chi connectivity index (χ0) is 29.4. The van der Waals surface area contributed by atoms with E-state index in [0.29, 0.717) is 17.9 Å². The first-order valence-electron chi connectivity index (χ1n) is 14.8. The molecule has 0 unspecified atom stereocenters. The summed E-state index contributed by atoms with van der Waals surface area (Å²) in [4.78, 5) is 29.8. The Morgan fingerprint density at radius 3 is 1.84 bits per heavy atom. The van der Waals surface area contributed by atoms with Crippen molar-refractivity contribution in [2.24, 2.45) is 0 Å². The van der Waals surface area contributed by atoms with E-state index in [2.05, 4.69) is 106 Å². The molecule has 5 aromatic carbocycles. The molecule has 0 radical (unpaired) electrons. The van der Waals surface area contributed by atoms with E-state index in [1.165, 1.54) is 0 Å². The highest BCUT2D eigenvalue weighted by Crippen LogP contribution is 2.47. The second-order valence-corrected chi connectivity index (χ2v) is 11.4. The van der Waals surface area contributed by atoms with Crippen molar-refractivity contribution in [1.29, 1.82) is 0 Å². The largest absolute Gasteiger partial charge is 0.355 e. The summed E-state index contributed by atoms with van der Waals surface area (Å²) < 4.78 is 2.05. The number of aromatic nitrogens is 2. The van der Waals surface area contributed by atoms with Crippen LogP contribution in [-0.2, 0) is 12.0 Å². The highest BCUT2D eigenvalue weighted by atomic mass is 16.2. The van der Waals surface area contributed by atoms with Crippen LogP contribution in [0.15, 0.2) is 132 Å². The summed E-state index contributed by atoms with van der Waals surface area (Å²) in [6, 6.07) is 43.2. The molecule has 5 nitrogen and oxygen atoms in total. The minimum atomic E-state index is -0.854. The summed E-state index contributed by atoms with van der Waals surface area (Å²) in [5.74, 6) is 0.206. The van der Waals surface area contributed by atoms with Crippen molar-refractivity contribution < 1.29 is 4.79 Å². The van der Waals surface area contributed by atoms with Crippen molar-refractivity contribution >= 4 is 16.7 Å². The average molecular weight is 564 g/mol. The van der Waals surface area contributed by atoms with Gasteiger partial charge in [-0.2, -0.15) is 0 Å². The van der Waals surface area contributed by atoms with Gasteiger partial charge in [-0.1, -0.05) is 115 Å². The molecule has 6 aromatic rings. The maximum atomic E-state index is 14.4. The van der Waals surface area contributed by atoms with E-state index in [-0.39, 0.29) is 11.6 Å². The number of rotatable bonds is 8. The Kier molecular flexibility index (Phi) is 6.78. The van der Waals surface area contributed by atoms with Crippen LogP contribution < -0.4 is 11.0 Å². The number of H-pyrrole nitrogens is 1. The fourth-order valence-electron chi connectivity index (χ4n) is 6.57. The lowest BCUT2D eigenvalue weighted by Crippen LogP contribution is -2.44. The van der Waals surface area contributed by atoms with Crippen molar-refractivity contribution in [3.05, 3.63) is 177 Å². The van der Waals surface area contributed by atoms with Gasteiger partial charge < -0.3 is 10.3 Å². The van der Waals surface area contributed by atoms with Crippen LogP contribution in [0.25, 0.3) is 10.8 Å². The van der Waals surface area contributed by atoms with E-state index in [1.54, 1.807) is 7.05 Å². The molecule has 2 N–H and O–H groups in total.